The third kappa shape index (κ3) is 4.37. The Morgan fingerprint density at radius 3 is 2.44 bits per heavy atom. The van der Waals surface area contributed by atoms with Crippen LogP contribution in [0.15, 0.2) is 53.7 Å². The third-order valence-electron chi connectivity index (χ3n) is 4.78. The molecule has 0 aliphatic heterocycles. The number of hydrogen-bond donors (Lipinski definition) is 2. The van der Waals surface area contributed by atoms with E-state index in [0.717, 1.165) is 0 Å². The molecular weight excluding hydrogens is 525 g/mol. The maximum atomic E-state index is 12.8. The monoisotopic (exact) mass is 539 g/mol. The number of carbonyl (C=O) groups excluding carboxylic acids is 1. The normalized spacial score (nSPS) is 11.5. The van der Waals surface area contributed by atoms with Crippen molar-refractivity contribution in [2.45, 2.75) is 11.8 Å². The van der Waals surface area contributed by atoms with E-state index in [9.17, 15) is 13.2 Å². The lowest BCUT2D eigenvalue weighted by Crippen LogP contribution is -2.14. The quantitative estimate of drug-likeness (QED) is 0.262. The van der Waals surface area contributed by atoms with Crippen LogP contribution in [0.2, 0.25) is 15.1 Å². The van der Waals surface area contributed by atoms with Crippen molar-refractivity contribution in [2.75, 3.05) is 17.1 Å². The summed E-state index contributed by atoms with van der Waals surface area (Å²) >= 11 is 18.0. The lowest BCUT2D eigenvalue weighted by Gasteiger charge is -2.13. The molecule has 176 valence electrons. The first kappa shape index (κ1) is 24.1. The van der Waals surface area contributed by atoms with E-state index in [-0.39, 0.29) is 49.3 Å². The van der Waals surface area contributed by atoms with Gasteiger partial charge in [0, 0.05) is 17.4 Å². The maximum Gasteiger partial charge on any atom is 0.343 e. The third-order valence-corrected chi connectivity index (χ3v) is 7.59. The fraction of sp³-hybridized carbons (Fsp3) is 0.0952. The average molecular weight is 541 g/mol. The van der Waals surface area contributed by atoms with E-state index in [1.807, 2.05) is 0 Å². The number of benzene rings is 2. The van der Waals surface area contributed by atoms with E-state index >= 15 is 0 Å². The van der Waals surface area contributed by atoms with Gasteiger partial charge in [-0.25, -0.2) is 18.2 Å². The molecule has 4 aromatic rings. The predicted octanol–water partition coefficient (Wildman–Crippen LogP) is 4.92. The lowest BCUT2D eigenvalue weighted by atomic mass is 10.1. The smallest absolute Gasteiger partial charge is 0.343 e. The van der Waals surface area contributed by atoms with E-state index in [1.54, 1.807) is 19.1 Å². The second-order valence-corrected chi connectivity index (χ2v) is 9.74. The predicted molar refractivity (Wildman–Crippen MR) is 131 cm³/mol. The fourth-order valence-corrected chi connectivity index (χ4v) is 5.62. The van der Waals surface area contributed by atoms with Crippen LogP contribution in [-0.2, 0) is 14.8 Å². The highest BCUT2D eigenvalue weighted by Crippen LogP contribution is 2.36. The number of halogens is 3. The lowest BCUT2D eigenvalue weighted by molar-refractivity contribution is 0.0528. The van der Waals surface area contributed by atoms with E-state index in [0.29, 0.717) is 11.1 Å². The number of fused-ring (bicyclic) bond motifs is 1. The molecule has 0 spiro atoms. The van der Waals surface area contributed by atoms with Crippen molar-refractivity contribution in [2.24, 2.45) is 0 Å². The van der Waals surface area contributed by atoms with Gasteiger partial charge in [-0.1, -0.05) is 46.9 Å². The molecule has 0 aliphatic carbocycles. The summed E-state index contributed by atoms with van der Waals surface area (Å²) in [5.74, 6) is -0.305. The van der Waals surface area contributed by atoms with Gasteiger partial charge in [-0.15, -0.1) is 0 Å². The number of aromatic nitrogens is 3. The van der Waals surface area contributed by atoms with Gasteiger partial charge < -0.3 is 10.5 Å². The van der Waals surface area contributed by atoms with Gasteiger partial charge in [-0.05, 0) is 36.8 Å². The molecule has 0 fully saturated rings. The summed E-state index contributed by atoms with van der Waals surface area (Å²) in [7, 11) is -4.12. The van der Waals surface area contributed by atoms with Gasteiger partial charge in [-0.3, -0.25) is 4.72 Å². The molecule has 2 heterocycles. The van der Waals surface area contributed by atoms with Gasteiger partial charge in [0.25, 0.3) is 10.0 Å². The number of esters is 1. The molecule has 2 aromatic carbocycles. The van der Waals surface area contributed by atoms with Crippen molar-refractivity contribution in [1.82, 2.24) is 14.6 Å². The van der Waals surface area contributed by atoms with Crippen molar-refractivity contribution < 1.29 is 17.9 Å². The summed E-state index contributed by atoms with van der Waals surface area (Å²) < 4.78 is 34.4. The van der Waals surface area contributed by atoms with E-state index in [1.165, 1.54) is 41.2 Å². The number of anilines is 2. The molecular formula is C21H16Cl3N5O4S. The summed E-state index contributed by atoms with van der Waals surface area (Å²) in [5.41, 5.74) is 8.14. The van der Waals surface area contributed by atoms with Gasteiger partial charge >= 0.3 is 5.97 Å². The van der Waals surface area contributed by atoms with E-state index < -0.39 is 16.0 Å². The van der Waals surface area contributed by atoms with Crippen molar-refractivity contribution in [3.05, 3.63) is 69.4 Å². The number of hydrogen-bond acceptors (Lipinski definition) is 7. The number of nitrogens with zero attached hydrogens (tertiary/aromatic N) is 3. The Balaban J connectivity index is 1.64. The highest BCUT2D eigenvalue weighted by Gasteiger charge is 2.24. The number of nitrogen functional groups attached to an aromatic ring is 1. The molecule has 0 bridgehead atoms. The molecule has 0 radical (unpaired) electrons. The summed E-state index contributed by atoms with van der Waals surface area (Å²) in [4.78, 5) is 16.0. The Labute approximate surface area is 209 Å². The molecule has 34 heavy (non-hydrogen) atoms. The molecule has 0 amide bonds. The number of nitrogens with one attached hydrogen (secondary N) is 1. The molecule has 3 N–H and O–H groups in total. The van der Waals surface area contributed by atoms with Crippen LogP contribution >= 0.6 is 34.8 Å². The summed E-state index contributed by atoms with van der Waals surface area (Å²) in [6.07, 6.45) is 2.84. The fourth-order valence-electron chi connectivity index (χ4n) is 3.20. The molecule has 2 aromatic heterocycles. The zero-order valence-electron chi connectivity index (χ0n) is 17.4. The van der Waals surface area contributed by atoms with Crippen LogP contribution in [0.25, 0.3) is 16.8 Å². The summed E-state index contributed by atoms with van der Waals surface area (Å²) in [6.45, 7) is 1.92. The summed E-state index contributed by atoms with van der Waals surface area (Å²) in [6, 6.07) is 9.13. The highest BCUT2D eigenvalue weighted by atomic mass is 35.5. The first-order valence-electron chi connectivity index (χ1n) is 9.70. The van der Waals surface area contributed by atoms with Crippen molar-refractivity contribution >= 4 is 67.9 Å². The van der Waals surface area contributed by atoms with E-state index in [4.69, 9.17) is 45.3 Å². The molecule has 13 heteroatoms. The molecule has 4 rings (SSSR count). The second-order valence-electron chi connectivity index (χ2n) is 6.93. The zero-order valence-corrected chi connectivity index (χ0v) is 20.5. The van der Waals surface area contributed by atoms with Crippen LogP contribution < -0.4 is 10.5 Å². The Kier molecular flexibility index (Phi) is 6.59. The van der Waals surface area contributed by atoms with Gasteiger partial charge in [0.15, 0.2) is 5.65 Å². The summed E-state index contributed by atoms with van der Waals surface area (Å²) in [5, 5.41) is 3.95. The van der Waals surface area contributed by atoms with Gasteiger partial charge in [0.2, 0.25) is 0 Å². The Morgan fingerprint density at radius 2 is 1.76 bits per heavy atom. The number of rotatable bonds is 6. The number of nitrogens with two attached hydrogens (primary N) is 1. The standard InChI is InChI=1S/C21H16Cl3N5O4S/c1-2-33-21(30)14-10-27-29-19(25)13(9-26-20(14)29)11-3-5-12(6-4-11)28-34(31,32)18-16(23)8-7-15(22)17(18)24/h3-10,28H,2,25H2,1H3. The highest BCUT2D eigenvalue weighted by molar-refractivity contribution is 7.93. The van der Waals surface area contributed by atoms with E-state index in [2.05, 4.69) is 14.8 Å². The van der Waals surface area contributed by atoms with Crippen molar-refractivity contribution in [3.8, 4) is 11.1 Å². The number of sulfonamides is 1. The van der Waals surface area contributed by atoms with Crippen molar-refractivity contribution in [3.63, 3.8) is 0 Å². The Hall–Kier alpha value is -3.05. The van der Waals surface area contributed by atoms with Crippen LogP contribution in [0.1, 0.15) is 17.3 Å². The second kappa shape index (κ2) is 9.30. The Bertz CT molecular complexity index is 1520. The topological polar surface area (TPSA) is 129 Å². The zero-order chi connectivity index (χ0) is 24.6. The molecule has 0 aliphatic rings. The van der Waals surface area contributed by atoms with Crippen LogP contribution in [-0.4, -0.2) is 35.6 Å². The number of carbonyl (C=O) groups is 1. The van der Waals surface area contributed by atoms with Gasteiger partial charge in [0.05, 0.1) is 27.9 Å². The number of ether oxygens (including phenoxy) is 1. The van der Waals surface area contributed by atoms with Crippen LogP contribution in [0, 0.1) is 0 Å². The van der Waals surface area contributed by atoms with Crippen LogP contribution in [0.5, 0.6) is 0 Å². The molecule has 0 saturated heterocycles. The molecule has 9 nitrogen and oxygen atoms in total. The molecule has 0 atom stereocenters. The SMILES string of the molecule is CCOC(=O)c1cnn2c(N)c(-c3ccc(NS(=O)(=O)c4c(Cl)ccc(Cl)c4Cl)cc3)cnc12. The Morgan fingerprint density at radius 1 is 1.09 bits per heavy atom. The first-order chi connectivity index (χ1) is 16.1. The van der Waals surface area contributed by atoms with Crippen LogP contribution in [0.4, 0.5) is 11.5 Å². The van der Waals surface area contributed by atoms with Gasteiger partial charge in [0.1, 0.15) is 16.3 Å². The molecule has 0 saturated carbocycles. The minimum atomic E-state index is -4.12. The minimum Gasteiger partial charge on any atom is -0.462 e. The molecule has 0 unspecified atom stereocenters. The largest absolute Gasteiger partial charge is 0.462 e. The van der Waals surface area contributed by atoms with Gasteiger partial charge in [-0.2, -0.15) is 9.61 Å². The minimum absolute atomic E-state index is 0.0601. The average Bonchev–Trinajstić information content (AvgIpc) is 3.22. The maximum absolute atomic E-state index is 12.8. The van der Waals surface area contributed by atoms with Crippen molar-refractivity contribution in [1.29, 1.82) is 0 Å². The van der Waals surface area contributed by atoms with Crippen LogP contribution in [0.3, 0.4) is 0 Å². The first-order valence-corrected chi connectivity index (χ1v) is 12.3.